The minimum absolute atomic E-state index is 0.0169. The molecule has 1 fully saturated rings. The monoisotopic (exact) mass is 338 g/mol. The Kier molecular flexibility index (Phi) is 5.63. The molecule has 0 amide bonds. The van der Waals surface area contributed by atoms with Crippen LogP contribution >= 0.6 is 0 Å². The molecule has 0 aromatic heterocycles. The number of benzene rings is 1. The molecular formula is C16H26N4O4. The molecule has 8 nitrogen and oxygen atoms in total. The van der Waals surface area contributed by atoms with Gasteiger partial charge >= 0.3 is 0 Å². The summed E-state index contributed by atoms with van der Waals surface area (Å²) in [6.07, 6.45) is 1.25. The van der Waals surface area contributed by atoms with Crippen molar-refractivity contribution in [3.8, 4) is 5.75 Å². The fraction of sp³-hybridized carbons (Fsp3) is 0.625. The van der Waals surface area contributed by atoms with Crippen molar-refractivity contribution < 1.29 is 14.8 Å². The molecule has 1 atom stereocenters. The smallest absolute Gasteiger partial charge is 0.273 e. The average molecular weight is 338 g/mol. The number of ether oxygens (including phenoxy) is 1. The topological polar surface area (TPSA) is 114 Å². The van der Waals surface area contributed by atoms with Crippen LogP contribution in [0.5, 0.6) is 5.75 Å². The van der Waals surface area contributed by atoms with Crippen LogP contribution in [-0.2, 0) is 0 Å². The van der Waals surface area contributed by atoms with Crippen molar-refractivity contribution in [2.75, 3.05) is 25.1 Å². The highest BCUT2D eigenvalue weighted by atomic mass is 16.6. The second-order valence-corrected chi connectivity index (χ2v) is 6.67. The highest BCUT2D eigenvalue weighted by Crippen LogP contribution is 2.33. The van der Waals surface area contributed by atoms with Gasteiger partial charge in [-0.25, -0.2) is 0 Å². The molecule has 8 heteroatoms. The van der Waals surface area contributed by atoms with Crippen LogP contribution in [0.4, 0.5) is 11.4 Å². The predicted molar refractivity (Wildman–Crippen MR) is 92.3 cm³/mol. The number of piperidine rings is 1. The quantitative estimate of drug-likeness (QED) is 0.406. The Hall–Kier alpha value is -1.90. The molecule has 0 radical (unpaired) electrons. The van der Waals surface area contributed by atoms with E-state index in [-0.39, 0.29) is 11.7 Å². The zero-order valence-electron chi connectivity index (χ0n) is 14.4. The first kappa shape index (κ1) is 18.4. The Morgan fingerprint density at radius 3 is 2.58 bits per heavy atom. The molecule has 1 aromatic carbocycles. The highest BCUT2D eigenvalue weighted by Gasteiger charge is 2.28. The zero-order chi connectivity index (χ0) is 17.9. The van der Waals surface area contributed by atoms with Crippen molar-refractivity contribution in [2.45, 2.75) is 44.5 Å². The number of anilines is 1. The summed E-state index contributed by atoms with van der Waals surface area (Å²) in [5.74, 6) is 0.504. The van der Waals surface area contributed by atoms with Gasteiger partial charge in [0.05, 0.1) is 35.6 Å². The molecule has 4 N–H and O–H groups in total. The first-order chi connectivity index (χ1) is 11.2. The predicted octanol–water partition coefficient (Wildman–Crippen LogP) is 1.22. The second-order valence-electron chi connectivity index (χ2n) is 6.67. The van der Waals surface area contributed by atoms with Crippen LogP contribution in [0, 0.1) is 10.1 Å². The Balaban J connectivity index is 2.01. The van der Waals surface area contributed by atoms with E-state index in [2.05, 4.69) is 10.2 Å². The third kappa shape index (κ3) is 4.34. The summed E-state index contributed by atoms with van der Waals surface area (Å²) in [4.78, 5) is 12.6. The van der Waals surface area contributed by atoms with E-state index < -0.39 is 16.7 Å². The van der Waals surface area contributed by atoms with E-state index in [1.165, 1.54) is 19.2 Å². The molecule has 24 heavy (non-hydrogen) atoms. The molecule has 0 bridgehead atoms. The summed E-state index contributed by atoms with van der Waals surface area (Å²) >= 11 is 0. The van der Waals surface area contributed by atoms with E-state index in [4.69, 9.17) is 10.5 Å². The van der Waals surface area contributed by atoms with Crippen LogP contribution in [0.15, 0.2) is 18.2 Å². The van der Waals surface area contributed by atoms with Gasteiger partial charge in [0.25, 0.3) is 5.69 Å². The fourth-order valence-electron chi connectivity index (χ4n) is 2.79. The summed E-state index contributed by atoms with van der Waals surface area (Å²) in [7, 11) is 1.51. The van der Waals surface area contributed by atoms with Crippen LogP contribution in [0.25, 0.3) is 0 Å². The van der Waals surface area contributed by atoms with Gasteiger partial charge < -0.3 is 20.5 Å². The summed E-state index contributed by atoms with van der Waals surface area (Å²) in [6, 6.07) is 4.90. The molecule has 134 valence electrons. The van der Waals surface area contributed by atoms with Crippen LogP contribution in [0.3, 0.4) is 0 Å². The van der Waals surface area contributed by atoms with Gasteiger partial charge in [0.1, 0.15) is 5.75 Å². The van der Waals surface area contributed by atoms with Crippen molar-refractivity contribution in [3.63, 3.8) is 0 Å². The number of nitrogens with zero attached hydrogens (tertiary/aromatic N) is 2. The van der Waals surface area contributed by atoms with Gasteiger partial charge in [0.2, 0.25) is 0 Å². The lowest BCUT2D eigenvalue weighted by molar-refractivity contribution is -0.384. The van der Waals surface area contributed by atoms with Crippen molar-refractivity contribution in [3.05, 3.63) is 28.3 Å². The third-order valence-electron chi connectivity index (χ3n) is 4.39. The Morgan fingerprint density at radius 1 is 1.46 bits per heavy atom. The molecular weight excluding hydrogens is 312 g/mol. The Labute approximate surface area is 141 Å². The molecule has 1 aromatic rings. The van der Waals surface area contributed by atoms with Crippen molar-refractivity contribution in [1.82, 2.24) is 5.32 Å². The lowest BCUT2D eigenvalue weighted by atomic mass is 10.0. The summed E-state index contributed by atoms with van der Waals surface area (Å²) in [5.41, 5.74) is 5.86. The van der Waals surface area contributed by atoms with E-state index in [1.807, 2.05) is 0 Å². The SMILES string of the molecule is COc1cc([N+](=O)[O-])ccc1N1CCC(N[C@@H](N)C(C)(C)O)CC1. The summed E-state index contributed by atoms with van der Waals surface area (Å²) in [6.45, 7) is 4.93. The van der Waals surface area contributed by atoms with E-state index >= 15 is 0 Å². The summed E-state index contributed by atoms with van der Waals surface area (Å²) in [5, 5.41) is 24.1. The van der Waals surface area contributed by atoms with E-state index in [9.17, 15) is 15.2 Å². The van der Waals surface area contributed by atoms with Gasteiger partial charge in [0.15, 0.2) is 0 Å². The maximum Gasteiger partial charge on any atom is 0.273 e. The molecule has 2 rings (SSSR count). The highest BCUT2D eigenvalue weighted by molar-refractivity contribution is 5.62. The third-order valence-corrected chi connectivity index (χ3v) is 4.39. The van der Waals surface area contributed by atoms with Gasteiger partial charge in [-0.3, -0.25) is 15.4 Å². The molecule has 0 saturated carbocycles. The van der Waals surface area contributed by atoms with Crippen molar-refractivity contribution in [2.24, 2.45) is 5.73 Å². The normalized spacial score (nSPS) is 17.6. The molecule has 1 aliphatic rings. The molecule has 0 spiro atoms. The molecule has 0 aliphatic carbocycles. The number of nitro benzene ring substituents is 1. The van der Waals surface area contributed by atoms with E-state index in [0.717, 1.165) is 31.6 Å². The standard InChI is InChI=1S/C16H26N4O4/c1-16(2,21)15(17)18-11-6-8-19(9-7-11)13-5-4-12(20(22)23)10-14(13)24-3/h4-5,10-11,15,18,21H,6-9,17H2,1-3H3/t15-/m1/s1. The fourth-order valence-corrected chi connectivity index (χ4v) is 2.79. The van der Waals surface area contributed by atoms with Crippen molar-refractivity contribution in [1.29, 1.82) is 0 Å². The number of nitro groups is 1. The molecule has 0 unspecified atom stereocenters. The summed E-state index contributed by atoms with van der Waals surface area (Å²) < 4.78 is 5.31. The number of hydrogen-bond acceptors (Lipinski definition) is 7. The van der Waals surface area contributed by atoms with E-state index in [0.29, 0.717) is 5.75 Å². The van der Waals surface area contributed by atoms with Gasteiger partial charge in [-0.05, 0) is 32.8 Å². The minimum atomic E-state index is -0.973. The maximum atomic E-state index is 10.9. The van der Waals surface area contributed by atoms with Crippen LogP contribution in [-0.4, -0.2) is 48.0 Å². The minimum Gasteiger partial charge on any atom is -0.494 e. The van der Waals surface area contributed by atoms with Gasteiger partial charge in [-0.1, -0.05) is 0 Å². The van der Waals surface area contributed by atoms with Gasteiger partial charge in [-0.2, -0.15) is 0 Å². The number of nitrogens with one attached hydrogen (secondary N) is 1. The number of aliphatic hydroxyl groups is 1. The van der Waals surface area contributed by atoms with Crippen molar-refractivity contribution >= 4 is 11.4 Å². The van der Waals surface area contributed by atoms with Gasteiger partial charge in [0, 0.05) is 25.2 Å². The Morgan fingerprint density at radius 2 is 2.08 bits per heavy atom. The van der Waals surface area contributed by atoms with Gasteiger partial charge in [-0.15, -0.1) is 0 Å². The van der Waals surface area contributed by atoms with E-state index in [1.54, 1.807) is 19.9 Å². The lowest BCUT2D eigenvalue weighted by Gasteiger charge is -2.37. The lowest BCUT2D eigenvalue weighted by Crippen LogP contribution is -2.58. The number of non-ortho nitro benzene ring substituents is 1. The second kappa shape index (κ2) is 7.33. The number of methoxy groups -OCH3 is 1. The molecule has 1 heterocycles. The zero-order valence-corrected chi connectivity index (χ0v) is 14.4. The number of rotatable bonds is 6. The number of nitrogens with two attached hydrogens (primary N) is 1. The first-order valence-electron chi connectivity index (χ1n) is 8.03. The van der Waals surface area contributed by atoms with Crippen LogP contribution in [0.2, 0.25) is 0 Å². The average Bonchev–Trinajstić information content (AvgIpc) is 2.54. The van der Waals surface area contributed by atoms with Crippen LogP contribution < -0.4 is 20.7 Å². The molecule has 1 saturated heterocycles. The molecule has 1 aliphatic heterocycles. The largest absolute Gasteiger partial charge is 0.494 e. The Bertz CT molecular complexity index is 580. The van der Waals surface area contributed by atoms with Crippen LogP contribution in [0.1, 0.15) is 26.7 Å². The maximum absolute atomic E-state index is 10.9. The first-order valence-corrected chi connectivity index (χ1v) is 8.03. The number of hydrogen-bond donors (Lipinski definition) is 3.